The molecule has 0 radical (unpaired) electrons. The molecule has 1 fully saturated rings. The Morgan fingerprint density at radius 2 is 2.06 bits per heavy atom. The number of aliphatic imine (C=N–C) groups is 1. The number of hydrogen-bond acceptors (Lipinski definition) is 2. The van der Waals surface area contributed by atoms with Crippen LogP contribution in [0.25, 0.3) is 0 Å². The summed E-state index contributed by atoms with van der Waals surface area (Å²) >= 11 is 0. The number of rotatable bonds is 3. The Kier molecular flexibility index (Phi) is 3.11. The van der Waals surface area contributed by atoms with E-state index in [0.717, 1.165) is 25.0 Å². The van der Waals surface area contributed by atoms with Gasteiger partial charge < -0.3 is 5.11 Å². The zero-order valence-electron chi connectivity index (χ0n) is 9.24. The molecule has 18 heavy (non-hydrogen) atoms. The second kappa shape index (κ2) is 4.44. The van der Waals surface area contributed by atoms with E-state index in [2.05, 4.69) is 4.99 Å². The van der Waals surface area contributed by atoms with Gasteiger partial charge in [0, 0.05) is 6.21 Å². The Morgan fingerprint density at radius 1 is 1.39 bits per heavy atom. The van der Waals surface area contributed by atoms with Crippen LogP contribution in [0.1, 0.15) is 28.8 Å². The van der Waals surface area contributed by atoms with Gasteiger partial charge in [0.05, 0.1) is 16.8 Å². The molecule has 96 valence electrons. The van der Waals surface area contributed by atoms with E-state index in [0.29, 0.717) is 12.0 Å². The van der Waals surface area contributed by atoms with Crippen molar-refractivity contribution in [1.82, 2.24) is 0 Å². The first-order chi connectivity index (χ1) is 8.38. The van der Waals surface area contributed by atoms with Crippen molar-refractivity contribution >= 4 is 17.9 Å². The summed E-state index contributed by atoms with van der Waals surface area (Å²) in [6.07, 6.45) is -0.975. The van der Waals surface area contributed by atoms with E-state index in [9.17, 15) is 18.0 Å². The maximum atomic E-state index is 12.5. The summed E-state index contributed by atoms with van der Waals surface area (Å²) in [5.74, 6) is -1.09. The maximum Gasteiger partial charge on any atom is 0.416 e. The third kappa shape index (κ3) is 2.88. The van der Waals surface area contributed by atoms with Crippen LogP contribution in [0, 0.1) is 5.92 Å². The van der Waals surface area contributed by atoms with Crippen molar-refractivity contribution in [3.63, 3.8) is 0 Å². The maximum absolute atomic E-state index is 12.5. The van der Waals surface area contributed by atoms with Gasteiger partial charge in [0.2, 0.25) is 0 Å². The number of carboxylic acid groups (broad SMARTS) is 1. The van der Waals surface area contributed by atoms with Crippen LogP contribution in [0.2, 0.25) is 0 Å². The van der Waals surface area contributed by atoms with E-state index in [1.165, 1.54) is 0 Å². The van der Waals surface area contributed by atoms with Gasteiger partial charge in [0.25, 0.3) is 0 Å². The second-order valence-corrected chi connectivity index (χ2v) is 4.15. The average Bonchev–Trinajstić information content (AvgIpc) is 3.08. The zero-order valence-corrected chi connectivity index (χ0v) is 9.24. The number of hydrogen-bond donors (Lipinski definition) is 1. The first-order valence-corrected chi connectivity index (χ1v) is 5.36. The molecular weight excluding hydrogens is 247 g/mol. The molecule has 0 amide bonds. The molecule has 1 aliphatic carbocycles. The molecule has 1 aromatic rings. The number of carbonyl (C=O) groups is 1. The first-order valence-electron chi connectivity index (χ1n) is 5.36. The van der Waals surface area contributed by atoms with Crippen molar-refractivity contribution in [3.8, 4) is 0 Å². The van der Waals surface area contributed by atoms with E-state index < -0.39 is 23.3 Å². The Hall–Kier alpha value is -1.85. The van der Waals surface area contributed by atoms with Crippen molar-refractivity contribution in [2.24, 2.45) is 10.9 Å². The molecule has 0 atom stereocenters. The minimum Gasteiger partial charge on any atom is -0.478 e. The van der Waals surface area contributed by atoms with Gasteiger partial charge in [-0.1, -0.05) is 0 Å². The van der Waals surface area contributed by atoms with Crippen molar-refractivity contribution < 1.29 is 23.1 Å². The molecule has 0 unspecified atom stereocenters. The summed E-state index contributed by atoms with van der Waals surface area (Å²) in [6.45, 7) is 0. The number of carboxylic acids is 1. The summed E-state index contributed by atoms with van der Waals surface area (Å²) in [5, 5.41) is 8.90. The third-order valence-corrected chi connectivity index (χ3v) is 2.60. The lowest BCUT2D eigenvalue weighted by Gasteiger charge is -2.08. The van der Waals surface area contributed by atoms with Gasteiger partial charge >= 0.3 is 12.1 Å². The molecule has 0 spiro atoms. The molecule has 2 rings (SSSR count). The first kappa shape index (κ1) is 12.6. The van der Waals surface area contributed by atoms with Crippen molar-refractivity contribution in [2.75, 3.05) is 0 Å². The lowest BCUT2D eigenvalue weighted by atomic mass is 10.1. The van der Waals surface area contributed by atoms with Crippen LogP contribution >= 0.6 is 0 Å². The van der Waals surface area contributed by atoms with Gasteiger partial charge in [-0.2, -0.15) is 13.2 Å². The summed E-state index contributed by atoms with van der Waals surface area (Å²) in [5.41, 5.74) is -1.35. The molecule has 0 aliphatic heterocycles. The normalized spacial score (nSPS) is 16.2. The molecule has 3 nitrogen and oxygen atoms in total. The molecule has 0 heterocycles. The number of alkyl halides is 3. The topological polar surface area (TPSA) is 49.7 Å². The predicted molar refractivity (Wildman–Crippen MR) is 59.3 cm³/mol. The van der Waals surface area contributed by atoms with E-state index in [1.807, 2.05) is 0 Å². The van der Waals surface area contributed by atoms with Gasteiger partial charge in [-0.15, -0.1) is 0 Å². The Morgan fingerprint density at radius 3 is 2.56 bits per heavy atom. The van der Waals surface area contributed by atoms with Gasteiger partial charge in [-0.05, 0) is 37.0 Å². The minimum absolute atomic E-state index is 0.0578. The summed E-state index contributed by atoms with van der Waals surface area (Å²) < 4.78 is 37.4. The fourth-order valence-corrected chi connectivity index (χ4v) is 1.43. The van der Waals surface area contributed by atoms with Crippen molar-refractivity contribution in [3.05, 3.63) is 29.3 Å². The fourth-order valence-electron chi connectivity index (χ4n) is 1.43. The van der Waals surface area contributed by atoms with Crippen LogP contribution in [0.3, 0.4) is 0 Å². The Bertz CT molecular complexity index is 505. The Labute approximate surface area is 101 Å². The number of benzene rings is 1. The van der Waals surface area contributed by atoms with Crippen LogP contribution in [0.15, 0.2) is 23.2 Å². The second-order valence-electron chi connectivity index (χ2n) is 4.15. The van der Waals surface area contributed by atoms with Crippen molar-refractivity contribution in [2.45, 2.75) is 19.0 Å². The van der Waals surface area contributed by atoms with E-state index in [-0.39, 0.29) is 5.69 Å². The highest BCUT2D eigenvalue weighted by Crippen LogP contribution is 2.33. The van der Waals surface area contributed by atoms with Crippen LogP contribution in [0.5, 0.6) is 0 Å². The molecule has 1 aromatic carbocycles. The monoisotopic (exact) mass is 257 g/mol. The predicted octanol–water partition coefficient (Wildman–Crippen LogP) is 3.52. The number of nitrogens with zero attached hydrogens (tertiary/aromatic N) is 1. The van der Waals surface area contributed by atoms with Crippen LogP contribution in [-0.4, -0.2) is 17.3 Å². The van der Waals surface area contributed by atoms with Gasteiger partial charge in [-0.25, -0.2) is 4.79 Å². The van der Waals surface area contributed by atoms with Gasteiger partial charge in [0.1, 0.15) is 0 Å². The van der Waals surface area contributed by atoms with E-state index >= 15 is 0 Å². The van der Waals surface area contributed by atoms with Crippen LogP contribution in [0.4, 0.5) is 18.9 Å². The smallest absolute Gasteiger partial charge is 0.416 e. The lowest BCUT2D eigenvalue weighted by Crippen LogP contribution is -2.07. The summed E-state index contributed by atoms with van der Waals surface area (Å²) in [4.78, 5) is 14.9. The van der Waals surface area contributed by atoms with Crippen molar-refractivity contribution in [1.29, 1.82) is 0 Å². The molecule has 0 aromatic heterocycles. The van der Waals surface area contributed by atoms with Gasteiger partial charge in [0.15, 0.2) is 0 Å². The highest BCUT2D eigenvalue weighted by Gasteiger charge is 2.31. The van der Waals surface area contributed by atoms with E-state index in [1.54, 1.807) is 6.21 Å². The average molecular weight is 257 g/mol. The highest BCUT2D eigenvalue weighted by atomic mass is 19.4. The molecular formula is C12H10F3NO2. The molecule has 1 N–H and O–H groups in total. The largest absolute Gasteiger partial charge is 0.478 e. The number of aromatic carboxylic acids is 1. The lowest BCUT2D eigenvalue weighted by molar-refractivity contribution is -0.137. The van der Waals surface area contributed by atoms with Crippen LogP contribution < -0.4 is 0 Å². The zero-order chi connectivity index (χ0) is 13.3. The van der Waals surface area contributed by atoms with E-state index in [4.69, 9.17) is 5.11 Å². The summed E-state index contributed by atoms with van der Waals surface area (Å²) in [7, 11) is 0. The molecule has 6 heteroatoms. The van der Waals surface area contributed by atoms with Crippen LogP contribution in [-0.2, 0) is 6.18 Å². The highest BCUT2D eigenvalue weighted by molar-refractivity contribution is 5.94. The molecule has 0 saturated heterocycles. The minimum atomic E-state index is -4.55. The third-order valence-electron chi connectivity index (χ3n) is 2.60. The molecule has 0 bridgehead atoms. The quantitative estimate of drug-likeness (QED) is 0.842. The fraction of sp³-hybridized carbons (Fsp3) is 0.333. The standard InChI is InChI=1S/C12H10F3NO2/c13-12(14,15)8-3-4-10(9(5-8)11(17)18)16-6-7-1-2-7/h3-7H,1-2H2,(H,17,18). The molecule has 1 saturated carbocycles. The molecule has 1 aliphatic rings. The van der Waals surface area contributed by atoms with Gasteiger partial charge in [-0.3, -0.25) is 4.99 Å². The number of halogens is 3. The SMILES string of the molecule is O=C(O)c1cc(C(F)(F)F)ccc1N=CC1CC1. The summed E-state index contributed by atoms with van der Waals surface area (Å²) in [6, 6.07) is 2.54. The Balaban J connectivity index is 2.37.